The second kappa shape index (κ2) is 7.01. The monoisotopic (exact) mass is 398 g/mol. The van der Waals surface area contributed by atoms with Gasteiger partial charge in [0.05, 0.1) is 13.3 Å². The Hall–Kier alpha value is -2.06. The molecule has 0 unspecified atom stereocenters. The molecule has 0 saturated heterocycles. The zero-order chi connectivity index (χ0) is 17.0. The number of hydrogen-bond donors (Lipinski definition) is 2. The van der Waals surface area contributed by atoms with Crippen LogP contribution in [0.1, 0.15) is 11.1 Å². The van der Waals surface area contributed by atoms with Crippen LogP contribution in [0, 0.1) is 6.92 Å². The fourth-order valence-electron chi connectivity index (χ4n) is 1.84. The summed E-state index contributed by atoms with van der Waals surface area (Å²) >= 11 is 3.26. The lowest BCUT2D eigenvalue weighted by atomic mass is 10.2. The molecule has 0 aliphatic carbocycles. The Morgan fingerprint density at radius 2 is 2.00 bits per heavy atom. The van der Waals surface area contributed by atoms with E-state index in [0.29, 0.717) is 5.56 Å². The first-order chi connectivity index (χ1) is 10.8. The molecule has 0 atom stereocenters. The Morgan fingerprint density at radius 3 is 2.70 bits per heavy atom. The Kier molecular flexibility index (Phi) is 5.27. The molecule has 0 heterocycles. The fraction of sp³-hybridized carbons (Fsp3) is 0.133. The van der Waals surface area contributed by atoms with E-state index in [-0.39, 0.29) is 16.4 Å². The summed E-state index contributed by atoms with van der Waals surface area (Å²) in [4.78, 5) is 2.10. The van der Waals surface area contributed by atoms with Gasteiger partial charge in [-0.3, -0.25) is 0 Å². The summed E-state index contributed by atoms with van der Waals surface area (Å²) in [5, 5.41) is 13.4. The number of phenolic OH excluding ortho intramolecular Hbond substituents is 1. The van der Waals surface area contributed by atoms with Crippen LogP contribution in [0.5, 0.6) is 11.5 Å². The summed E-state index contributed by atoms with van der Waals surface area (Å²) in [6, 6.07) is 9.57. The van der Waals surface area contributed by atoms with Gasteiger partial charge in [-0.2, -0.15) is 18.4 Å². The Bertz CT molecular complexity index is 851. The Morgan fingerprint density at radius 1 is 1.26 bits per heavy atom. The number of phenols is 1. The minimum absolute atomic E-state index is 0.00406. The summed E-state index contributed by atoms with van der Waals surface area (Å²) in [5.41, 5.74) is 1.15. The molecular weight excluding hydrogens is 384 g/mol. The molecule has 8 heteroatoms. The van der Waals surface area contributed by atoms with E-state index in [2.05, 4.69) is 25.9 Å². The summed E-state index contributed by atoms with van der Waals surface area (Å²) in [5.74, 6) is 0.216. The van der Waals surface area contributed by atoms with Crippen LogP contribution < -0.4 is 9.57 Å². The molecule has 23 heavy (non-hydrogen) atoms. The Labute approximate surface area is 143 Å². The minimum atomic E-state index is -3.88. The van der Waals surface area contributed by atoms with Crippen molar-refractivity contribution in [2.45, 2.75) is 11.8 Å². The zero-order valence-corrected chi connectivity index (χ0v) is 14.8. The number of nitrogens with one attached hydrogen (secondary N) is 1. The number of hydrogen-bond acceptors (Lipinski definition) is 5. The van der Waals surface area contributed by atoms with E-state index < -0.39 is 10.0 Å². The van der Waals surface area contributed by atoms with Gasteiger partial charge in [-0.25, -0.2) is 0 Å². The van der Waals surface area contributed by atoms with E-state index in [1.807, 2.05) is 0 Å². The van der Waals surface area contributed by atoms with Gasteiger partial charge in [0.1, 0.15) is 16.4 Å². The molecule has 0 spiro atoms. The van der Waals surface area contributed by atoms with E-state index in [1.54, 1.807) is 31.2 Å². The SMILES string of the molecule is COc1ccc(C)cc1S(=O)(=O)N/N=C/c1cc(Br)ccc1O. The highest BCUT2D eigenvalue weighted by Crippen LogP contribution is 2.24. The van der Waals surface area contributed by atoms with Gasteiger partial charge in [-0.15, -0.1) is 0 Å². The molecule has 0 aliphatic rings. The third-order valence-corrected chi connectivity index (χ3v) is 4.71. The van der Waals surface area contributed by atoms with E-state index in [0.717, 1.165) is 10.0 Å². The van der Waals surface area contributed by atoms with E-state index in [4.69, 9.17) is 4.74 Å². The van der Waals surface area contributed by atoms with Gasteiger partial charge in [0.2, 0.25) is 0 Å². The van der Waals surface area contributed by atoms with E-state index >= 15 is 0 Å². The molecular formula is C15H15BrN2O4S. The van der Waals surface area contributed by atoms with Crippen molar-refractivity contribution in [3.05, 3.63) is 52.0 Å². The lowest BCUT2D eigenvalue weighted by Crippen LogP contribution is -2.19. The molecule has 122 valence electrons. The molecule has 2 N–H and O–H groups in total. The highest BCUT2D eigenvalue weighted by atomic mass is 79.9. The van der Waals surface area contributed by atoms with Crippen molar-refractivity contribution in [3.8, 4) is 11.5 Å². The summed E-state index contributed by atoms with van der Waals surface area (Å²) in [6.07, 6.45) is 1.22. The second-order valence-electron chi connectivity index (χ2n) is 4.71. The number of hydrazone groups is 1. The number of ether oxygens (including phenoxy) is 1. The quantitative estimate of drug-likeness (QED) is 0.598. The van der Waals surface area contributed by atoms with Crippen molar-refractivity contribution in [2.24, 2.45) is 5.10 Å². The highest BCUT2D eigenvalue weighted by Gasteiger charge is 2.18. The molecule has 0 amide bonds. The van der Waals surface area contributed by atoms with Gasteiger partial charge < -0.3 is 9.84 Å². The summed E-state index contributed by atoms with van der Waals surface area (Å²) in [7, 11) is -2.49. The molecule has 0 radical (unpaired) electrons. The number of aromatic hydroxyl groups is 1. The lowest BCUT2D eigenvalue weighted by molar-refractivity contribution is 0.402. The van der Waals surface area contributed by atoms with Crippen LogP contribution in [0.2, 0.25) is 0 Å². The Balaban J connectivity index is 2.27. The van der Waals surface area contributed by atoms with Crippen molar-refractivity contribution >= 4 is 32.2 Å². The van der Waals surface area contributed by atoms with Gasteiger partial charge >= 0.3 is 0 Å². The van der Waals surface area contributed by atoms with Crippen LogP contribution in [0.25, 0.3) is 0 Å². The summed E-state index contributed by atoms with van der Waals surface area (Å²) in [6.45, 7) is 1.78. The van der Waals surface area contributed by atoms with Crippen molar-refractivity contribution in [1.29, 1.82) is 0 Å². The van der Waals surface area contributed by atoms with Gasteiger partial charge in [-0.05, 0) is 42.8 Å². The maximum absolute atomic E-state index is 12.3. The number of sulfonamides is 1. The average Bonchev–Trinajstić information content (AvgIpc) is 2.50. The molecule has 6 nitrogen and oxygen atoms in total. The normalized spacial score (nSPS) is 11.6. The van der Waals surface area contributed by atoms with Gasteiger partial charge in [0.25, 0.3) is 10.0 Å². The van der Waals surface area contributed by atoms with Crippen molar-refractivity contribution in [1.82, 2.24) is 4.83 Å². The van der Waals surface area contributed by atoms with Crippen molar-refractivity contribution < 1.29 is 18.3 Å². The number of nitrogens with zero attached hydrogens (tertiary/aromatic N) is 1. The molecule has 2 aromatic rings. The molecule has 0 fully saturated rings. The van der Waals surface area contributed by atoms with Crippen LogP contribution >= 0.6 is 15.9 Å². The molecule has 0 bridgehead atoms. The van der Waals surface area contributed by atoms with Crippen molar-refractivity contribution in [3.63, 3.8) is 0 Å². The predicted octanol–water partition coefficient (Wildman–Crippen LogP) is 2.78. The van der Waals surface area contributed by atoms with Gasteiger partial charge in [0.15, 0.2) is 0 Å². The third-order valence-electron chi connectivity index (χ3n) is 2.97. The van der Waals surface area contributed by atoms with E-state index in [9.17, 15) is 13.5 Å². The molecule has 0 aliphatic heterocycles. The molecule has 2 rings (SSSR count). The van der Waals surface area contributed by atoms with E-state index in [1.165, 1.54) is 25.5 Å². The first-order valence-corrected chi connectivity index (χ1v) is 8.79. The zero-order valence-electron chi connectivity index (χ0n) is 12.4. The van der Waals surface area contributed by atoms with Crippen LogP contribution in [-0.4, -0.2) is 26.8 Å². The van der Waals surface area contributed by atoms with Gasteiger partial charge in [0, 0.05) is 10.0 Å². The number of benzene rings is 2. The average molecular weight is 399 g/mol. The van der Waals surface area contributed by atoms with Crippen LogP contribution in [0.15, 0.2) is 50.9 Å². The maximum Gasteiger partial charge on any atom is 0.280 e. The molecule has 0 aromatic heterocycles. The maximum atomic E-state index is 12.3. The number of halogens is 1. The third kappa shape index (κ3) is 4.23. The highest BCUT2D eigenvalue weighted by molar-refractivity contribution is 9.10. The lowest BCUT2D eigenvalue weighted by Gasteiger charge is -2.09. The minimum Gasteiger partial charge on any atom is -0.507 e. The van der Waals surface area contributed by atoms with Crippen LogP contribution in [-0.2, 0) is 10.0 Å². The fourth-order valence-corrected chi connectivity index (χ4v) is 3.26. The van der Waals surface area contributed by atoms with Crippen LogP contribution in [0.4, 0.5) is 0 Å². The largest absolute Gasteiger partial charge is 0.507 e. The number of aryl methyl sites for hydroxylation is 1. The molecule has 2 aromatic carbocycles. The number of methoxy groups -OCH3 is 1. The number of rotatable bonds is 5. The second-order valence-corrected chi connectivity index (χ2v) is 7.26. The smallest absolute Gasteiger partial charge is 0.280 e. The van der Waals surface area contributed by atoms with Crippen molar-refractivity contribution in [2.75, 3.05) is 7.11 Å². The first-order valence-electron chi connectivity index (χ1n) is 6.51. The topological polar surface area (TPSA) is 88.0 Å². The van der Waals surface area contributed by atoms with Gasteiger partial charge in [-0.1, -0.05) is 22.0 Å². The van der Waals surface area contributed by atoms with Crippen LogP contribution in [0.3, 0.4) is 0 Å². The first kappa shape index (κ1) is 17.3. The summed E-state index contributed by atoms with van der Waals surface area (Å²) < 4.78 is 30.5. The predicted molar refractivity (Wildman–Crippen MR) is 91.5 cm³/mol. The molecule has 0 saturated carbocycles. The standard InChI is InChI=1S/C15H15BrN2O4S/c1-10-3-6-14(22-2)15(7-10)23(20,21)18-17-9-11-8-12(16)4-5-13(11)19/h3-9,18-19H,1-2H3/b17-9+.